The SMILES string of the molecule is Cl.Cl.[C-]1=CC=CC1.[Zr+2].[c-]1cccc2c1Cc1ccccc1-2.c1ccc(Cc2ccccc2)cc1. The van der Waals surface area contributed by atoms with Crippen molar-refractivity contribution < 1.29 is 26.2 Å². The quantitative estimate of drug-likeness (QED) is 0.189. The molecule has 0 saturated carbocycles. The van der Waals surface area contributed by atoms with Gasteiger partial charge in [-0.25, -0.2) is 12.2 Å². The number of hydrogen-bond acceptors (Lipinski definition) is 0. The van der Waals surface area contributed by atoms with Gasteiger partial charge in [-0.15, -0.1) is 36.8 Å². The van der Waals surface area contributed by atoms with Crippen LogP contribution >= 0.6 is 24.8 Å². The van der Waals surface area contributed by atoms with Gasteiger partial charge in [-0.2, -0.15) is 35.9 Å². The van der Waals surface area contributed by atoms with E-state index in [1.807, 2.05) is 18.2 Å². The Morgan fingerprint density at radius 1 is 0.647 bits per heavy atom. The molecule has 0 saturated heterocycles. The molecule has 0 aliphatic heterocycles. The molecule has 0 fully saturated rings. The fourth-order valence-corrected chi connectivity index (χ4v) is 3.77. The topological polar surface area (TPSA) is 0 Å². The summed E-state index contributed by atoms with van der Waals surface area (Å²) in [5.74, 6) is 0. The van der Waals surface area contributed by atoms with E-state index in [2.05, 4.69) is 115 Å². The van der Waals surface area contributed by atoms with Crippen molar-refractivity contribution in [2.24, 2.45) is 0 Å². The van der Waals surface area contributed by atoms with Gasteiger partial charge in [0.1, 0.15) is 0 Å². The third-order valence-electron chi connectivity index (χ3n) is 5.30. The molecule has 0 nitrogen and oxygen atoms in total. The van der Waals surface area contributed by atoms with Gasteiger partial charge in [0.05, 0.1) is 0 Å². The van der Waals surface area contributed by atoms with Crippen LogP contribution in [0.15, 0.2) is 121 Å². The minimum atomic E-state index is 0. The molecule has 34 heavy (non-hydrogen) atoms. The normalized spacial score (nSPS) is 11.1. The molecule has 0 atom stereocenters. The van der Waals surface area contributed by atoms with Crippen LogP contribution in [0.25, 0.3) is 11.1 Å². The largest absolute Gasteiger partial charge is 2.00 e. The summed E-state index contributed by atoms with van der Waals surface area (Å²) < 4.78 is 0. The summed E-state index contributed by atoms with van der Waals surface area (Å²) in [6.45, 7) is 0. The zero-order valence-corrected chi connectivity index (χ0v) is 23.1. The van der Waals surface area contributed by atoms with E-state index < -0.39 is 0 Å². The Kier molecular flexibility index (Phi) is 14.4. The smallest absolute Gasteiger partial charge is 0.273 e. The maximum absolute atomic E-state index is 3.30. The standard InChI is InChI=1S/C13H9.C13H12.C5H5.2ClH.Zr/c1-3-7-12-10(5-1)9-11-6-2-4-8-13(11)12;1-3-7-12(8-4-1)11-13-9-5-2-6-10-13;1-2-4-5-3-1;;;/h1-5,7-8H,9H2;1-10H,11H2;1-3H,4H2;2*1H;/q-1;;-1;;;+2. The van der Waals surface area contributed by atoms with Crippen LogP contribution in [0.3, 0.4) is 0 Å². The Bertz CT molecular complexity index is 1060. The van der Waals surface area contributed by atoms with E-state index in [-0.39, 0.29) is 51.0 Å². The van der Waals surface area contributed by atoms with Gasteiger partial charge in [0.2, 0.25) is 0 Å². The van der Waals surface area contributed by atoms with Gasteiger partial charge in [-0.3, -0.25) is 6.08 Å². The van der Waals surface area contributed by atoms with Crippen molar-refractivity contribution in [3.8, 4) is 11.1 Å². The predicted molar refractivity (Wildman–Crippen MR) is 145 cm³/mol. The average molecular weight is 563 g/mol. The van der Waals surface area contributed by atoms with Gasteiger partial charge < -0.3 is 0 Å². The summed E-state index contributed by atoms with van der Waals surface area (Å²) >= 11 is 0. The first-order valence-corrected chi connectivity index (χ1v) is 10.8. The minimum Gasteiger partial charge on any atom is -0.273 e. The maximum Gasteiger partial charge on any atom is 2.00 e. The molecular weight excluding hydrogens is 534 g/mol. The fourth-order valence-electron chi connectivity index (χ4n) is 3.77. The summed E-state index contributed by atoms with van der Waals surface area (Å²) in [7, 11) is 0. The van der Waals surface area contributed by atoms with Gasteiger partial charge in [-0.05, 0) is 24.0 Å². The van der Waals surface area contributed by atoms with Crippen molar-refractivity contribution in [2.75, 3.05) is 0 Å². The molecule has 170 valence electrons. The van der Waals surface area contributed by atoms with Gasteiger partial charge in [0, 0.05) is 0 Å². The van der Waals surface area contributed by atoms with Crippen LogP contribution in [0.1, 0.15) is 28.7 Å². The Morgan fingerprint density at radius 3 is 1.79 bits per heavy atom. The molecule has 2 aliphatic carbocycles. The molecular formula is C31H28Cl2Zr. The molecule has 3 heteroatoms. The Morgan fingerprint density at radius 2 is 1.24 bits per heavy atom. The van der Waals surface area contributed by atoms with E-state index in [1.165, 1.54) is 33.4 Å². The molecule has 0 amide bonds. The van der Waals surface area contributed by atoms with E-state index in [4.69, 9.17) is 0 Å². The third kappa shape index (κ3) is 8.88. The van der Waals surface area contributed by atoms with Crippen LogP contribution in [0.5, 0.6) is 0 Å². The molecule has 0 bridgehead atoms. The number of fused-ring (bicyclic) bond motifs is 3. The first-order valence-electron chi connectivity index (χ1n) is 10.8. The molecule has 4 aromatic carbocycles. The molecule has 0 unspecified atom stereocenters. The monoisotopic (exact) mass is 560 g/mol. The summed E-state index contributed by atoms with van der Waals surface area (Å²) in [4.78, 5) is 0. The maximum atomic E-state index is 3.30. The minimum absolute atomic E-state index is 0. The Hall–Kier alpha value is -2.18. The van der Waals surface area contributed by atoms with E-state index in [9.17, 15) is 0 Å². The number of allylic oxidation sites excluding steroid dienone is 4. The van der Waals surface area contributed by atoms with Gasteiger partial charge >= 0.3 is 26.2 Å². The molecule has 0 heterocycles. The zero-order chi connectivity index (χ0) is 21.1. The second-order valence-electron chi connectivity index (χ2n) is 7.55. The van der Waals surface area contributed by atoms with Crippen molar-refractivity contribution in [1.82, 2.24) is 0 Å². The molecule has 6 rings (SSSR count). The third-order valence-corrected chi connectivity index (χ3v) is 5.30. The number of benzene rings is 4. The van der Waals surface area contributed by atoms with Crippen molar-refractivity contribution in [3.05, 3.63) is 156 Å². The predicted octanol–water partition coefficient (Wildman–Crippen LogP) is 8.48. The van der Waals surface area contributed by atoms with Crippen LogP contribution in [-0.2, 0) is 39.0 Å². The van der Waals surface area contributed by atoms with E-state index in [1.54, 1.807) is 0 Å². The molecule has 2 aliphatic rings. The second kappa shape index (κ2) is 16.5. The summed E-state index contributed by atoms with van der Waals surface area (Å²) in [5.41, 5.74) is 8.25. The summed E-state index contributed by atoms with van der Waals surface area (Å²) in [6, 6.07) is 39.2. The van der Waals surface area contributed by atoms with Crippen LogP contribution in [-0.4, -0.2) is 0 Å². The van der Waals surface area contributed by atoms with Crippen molar-refractivity contribution in [1.29, 1.82) is 0 Å². The number of hydrogen-bond donors (Lipinski definition) is 0. The second-order valence-corrected chi connectivity index (χ2v) is 7.55. The van der Waals surface area contributed by atoms with Crippen LogP contribution in [0.4, 0.5) is 0 Å². The Balaban J connectivity index is 0.000000264. The molecule has 0 radical (unpaired) electrons. The molecule has 0 spiro atoms. The van der Waals surface area contributed by atoms with E-state index >= 15 is 0 Å². The zero-order valence-electron chi connectivity index (χ0n) is 19.0. The summed E-state index contributed by atoms with van der Waals surface area (Å²) in [6.07, 6.45) is 12.1. The first kappa shape index (κ1) is 29.9. The van der Waals surface area contributed by atoms with Crippen molar-refractivity contribution in [2.45, 2.75) is 19.3 Å². The Labute approximate surface area is 235 Å². The van der Waals surface area contributed by atoms with E-state index in [0.717, 1.165) is 19.3 Å². The average Bonchev–Trinajstić information content (AvgIpc) is 3.53. The van der Waals surface area contributed by atoms with Crippen molar-refractivity contribution >= 4 is 24.8 Å². The van der Waals surface area contributed by atoms with Crippen LogP contribution in [0.2, 0.25) is 0 Å². The number of halogens is 2. The van der Waals surface area contributed by atoms with Crippen molar-refractivity contribution in [3.63, 3.8) is 0 Å². The molecule has 0 aromatic heterocycles. The van der Waals surface area contributed by atoms with Gasteiger partial charge in [-0.1, -0.05) is 96.1 Å². The van der Waals surface area contributed by atoms with Gasteiger partial charge in [0.15, 0.2) is 0 Å². The van der Waals surface area contributed by atoms with Crippen LogP contribution < -0.4 is 0 Å². The molecule has 4 aromatic rings. The fraction of sp³-hybridized carbons (Fsp3) is 0.0968. The number of rotatable bonds is 2. The van der Waals surface area contributed by atoms with Gasteiger partial charge in [0.25, 0.3) is 0 Å². The van der Waals surface area contributed by atoms with Crippen LogP contribution in [0, 0.1) is 12.1 Å². The summed E-state index contributed by atoms with van der Waals surface area (Å²) in [5, 5.41) is 0. The van der Waals surface area contributed by atoms with E-state index in [0.29, 0.717) is 0 Å². The first-order chi connectivity index (χ1) is 15.4. The molecule has 0 N–H and O–H groups in total.